The van der Waals surface area contributed by atoms with Crippen LogP contribution in [0, 0.1) is 18.2 Å². The highest BCUT2D eigenvalue weighted by Gasteiger charge is 2.42. The molecule has 31 heavy (non-hydrogen) atoms. The molecular weight excluding hydrogens is 395 g/mol. The number of fused-ring (bicyclic) bond motifs is 1. The van der Waals surface area contributed by atoms with Crippen LogP contribution in [0.15, 0.2) is 18.2 Å². The normalized spacial score (nSPS) is 26.3. The van der Waals surface area contributed by atoms with Crippen LogP contribution in [0.1, 0.15) is 61.0 Å². The van der Waals surface area contributed by atoms with Gasteiger partial charge in [0.2, 0.25) is 5.91 Å². The summed E-state index contributed by atoms with van der Waals surface area (Å²) in [5, 5.41) is 6.65. The molecule has 1 spiro atoms. The first-order valence-corrected chi connectivity index (χ1v) is 11.5. The Hall–Kier alpha value is -2.41. The number of aryl methyl sites for hydroxylation is 1. The van der Waals surface area contributed by atoms with E-state index in [9.17, 15) is 14.0 Å². The Bertz CT molecular complexity index is 969. The third kappa shape index (κ3) is 3.95. The summed E-state index contributed by atoms with van der Waals surface area (Å²) in [6, 6.07) is 5.40. The molecule has 2 aromatic rings. The van der Waals surface area contributed by atoms with Crippen molar-refractivity contribution >= 4 is 22.7 Å². The summed E-state index contributed by atoms with van der Waals surface area (Å²) in [6.45, 7) is 4.79. The first-order valence-electron chi connectivity index (χ1n) is 11.5. The predicted octanol–water partition coefficient (Wildman–Crippen LogP) is 3.26. The van der Waals surface area contributed by atoms with E-state index in [4.69, 9.17) is 0 Å². The van der Waals surface area contributed by atoms with Crippen LogP contribution in [0.5, 0.6) is 0 Å². The number of aromatic amines is 1. The van der Waals surface area contributed by atoms with Gasteiger partial charge in [-0.1, -0.05) is 6.07 Å². The summed E-state index contributed by atoms with van der Waals surface area (Å²) in [5.41, 5.74) is 2.20. The lowest BCUT2D eigenvalue weighted by Crippen LogP contribution is -2.50. The zero-order valence-corrected chi connectivity index (χ0v) is 18.1. The van der Waals surface area contributed by atoms with E-state index in [-0.39, 0.29) is 29.1 Å². The van der Waals surface area contributed by atoms with E-state index in [0.717, 1.165) is 63.7 Å². The molecule has 5 rings (SSSR count). The van der Waals surface area contributed by atoms with Gasteiger partial charge in [0.05, 0.1) is 5.52 Å². The van der Waals surface area contributed by atoms with Crippen LogP contribution in [0.4, 0.5) is 4.39 Å². The number of carbonyl (C=O) groups excluding carboxylic acids is 2. The number of hydrogen-bond donors (Lipinski definition) is 3. The number of piperidine rings is 1. The number of aromatic nitrogens is 1. The summed E-state index contributed by atoms with van der Waals surface area (Å²) in [5.74, 6) is -0.273. The average molecular weight is 427 g/mol. The van der Waals surface area contributed by atoms with E-state index in [2.05, 4.69) is 20.5 Å². The highest BCUT2D eigenvalue weighted by Crippen LogP contribution is 2.39. The molecule has 3 heterocycles. The number of rotatable bonds is 3. The van der Waals surface area contributed by atoms with Crippen molar-refractivity contribution in [3.05, 3.63) is 35.3 Å². The van der Waals surface area contributed by atoms with Crippen molar-refractivity contribution in [2.75, 3.05) is 19.6 Å². The van der Waals surface area contributed by atoms with Crippen molar-refractivity contribution in [3.8, 4) is 0 Å². The molecule has 2 atom stereocenters. The zero-order valence-electron chi connectivity index (χ0n) is 18.1. The highest BCUT2D eigenvalue weighted by atomic mass is 19.1. The molecule has 2 amide bonds. The number of likely N-dealkylation sites (tertiary alicyclic amines) is 1. The lowest BCUT2D eigenvalue weighted by atomic mass is 9.76. The van der Waals surface area contributed by atoms with E-state index < -0.39 is 0 Å². The molecule has 1 aromatic heterocycles. The van der Waals surface area contributed by atoms with Gasteiger partial charge in [0.25, 0.3) is 5.91 Å². The summed E-state index contributed by atoms with van der Waals surface area (Å²) < 4.78 is 14.1. The van der Waals surface area contributed by atoms with Gasteiger partial charge in [0.15, 0.2) is 0 Å². The van der Waals surface area contributed by atoms with Crippen molar-refractivity contribution in [2.45, 2.75) is 64.0 Å². The number of halogens is 1. The molecule has 6 nitrogen and oxygen atoms in total. The van der Waals surface area contributed by atoms with Crippen molar-refractivity contribution in [1.29, 1.82) is 0 Å². The Balaban J connectivity index is 1.20. The van der Waals surface area contributed by atoms with Crippen LogP contribution in [-0.2, 0) is 4.79 Å². The minimum Gasteiger partial charge on any atom is -0.356 e. The van der Waals surface area contributed by atoms with E-state index in [1.165, 1.54) is 6.07 Å². The second-order valence-electron chi connectivity index (χ2n) is 9.82. The fraction of sp³-hybridized carbons (Fsp3) is 0.583. The van der Waals surface area contributed by atoms with Gasteiger partial charge in [-0.2, -0.15) is 0 Å². The Kier molecular flexibility index (Phi) is 5.24. The topological polar surface area (TPSA) is 77.2 Å². The molecule has 1 aliphatic carbocycles. The van der Waals surface area contributed by atoms with Crippen LogP contribution in [0.3, 0.4) is 0 Å². The molecule has 7 heteroatoms. The molecule has 1 unspecified atom stereocenters. The minimum atomic E-state index is -0.310. The van der Waals surface area contributed by atoms with Gasteiger partial charge in [-0.25, -0.2) is 4.39 Å². The number of carbonyl (C=O) groups is 2. The Morgan fingerprint density at radius 3 is 2.77 bits per heavy atom. The van der Waals surface area contributed by atoms with Gasteiger partial charge in [-0.05, 0) is 81.6 Å². The molecule has 2 saturated heterocycles. The van der Waals surface area contributed by atoms with Crippen LogP contribution in [-0.4, -0.2) is 53.4 Å². The number of benzene rings is 1. The number of hydrogen-bond acceptors (Lipinski definition) is 3. The van der Waals surface area contributed by atoms with E-state index >= 15 is 0 Å². The van der Waals surface area contributed by atoms with Gasteiger partial charge < -0.3 is 20.5 Å². The van der Waals surface area contributed by atoms with E-state index in [1.807, 2.05) is 6.92 Å². The third-order valence-corrected chi connectivity index (χ3v) is 7.75. The average Bonchev–Trinajstić information content (AvgIpc) is 3.37. The van der Waals surface area contributed by atoms with Gasteiger partial charge in [-0.15, -0.1) is 0 Å². The minimum absolute atomic E-state index is 0.134. The summed E-state index contributed by atoms with van der Waals surface area (Å²) in [7, 11) is 0. The van der Waals surface area contributed by atoms with Gasteiger partial charge in [0, 0.05) is 30.4 Å². The number of nitrogens with one attached hydrogen (secondary N) is 3. The first kappa shape index (κ1) is 20.5. The number of amides is 2. The fourth-order valence-corrected chi connectivity index (χ4v) is 5.81. The lowest BCUT2D eigenvalue weighted by Gasteiger charge is -2.44. The molecule has 1 aromatic carbocycles. The Labute approximate surface area is 181 Å². The molecular formula is C24H31FN4O2. The highest BCUT2D eigenvalue weighted by molar-refractivity contribution is 5.99. The summed E-state index contributed by atoms with van der Waals surface area (Å²) in [4.78, 5) is 30.2. The molecule has 3 fully saturated rings. The molecule has 166 valence electrons. The SMILES string of the molecule is Cc1ccc(F)c2cc(C(=O)N[C@@H]3CCCC(N4CCC5(CC4)CNC(=O)C5)C3)[nH]c12. The molecule has 1 saturated carbocycles. The van der Waals surface area contributed by atoms with Gasteiger partial charge >= 0.3 is 0 Å². The number of nitrogens with zero attached hydrogens (tertiary/aromatic N) is 1. The first-order chi connectivity index (χ1) is 14.9. The Morgan fingerprint density at radius 2 is 2.06 bits per heavy atom. The maximum atomic E-state index is 14.1. The summed E-state index contributed by atoms with van der Waals surface area (Å²) >= 11 is 0. The van der Waals surface area contributed by atoms with Crippen molar-refractivity contribution in [2.24, 2.45) is 5.41 Å². The van der Waals surface area contributed by atoms with Crippen LogP contribution >= 0.6 is 0 Å². The smallest absolute Gasteiger partial charge is 0.267 e. The second-order valence-corrected chi connectivity index (χ2v) is 9.82. The van der Waals surface area contributed by atoms with Gasteiger partial charge in [0.1, 0.15) is 11.5 Å². The molecule has 2 aliphatic heterocycles. The fourth-order valence-electron chi connectivity index (χ4n) is 5.81. The summed E-state index contributed by atoms with van der Waals surface area (Å²) in [6.07, 6.45) is 6.99. The molecule has 3 N–H and O–H groups in total. The van der Waals surface area contributed by atoms with E-state index in [0.29, 0.717) is 29.1 Å². The quantitative estimate of drug-likeness (QED) is 0.705. The van der Waals surface area contributed by atoms with Gasteiger partial charge in [-0.3, -0.25) is 9.59 Å². The van der Waals surface area contributed by atoms with E-state index in [1.54, 1.807) is 12.1 Å². The molecule has 0 radical (unpaired) electrons. The maximum absolute atomic E-state index is 14.1. The Morgan fingerprint density at radius 1 is 1.26 bits per heavy atom. The van der Waals surface area contributed by atoms with Crippen LogP contribution in [0.25, 0.3) is 10.9 Å². The standard InChI is InChI=1S/C24H31FN4O2/c1-15-5-6-19(25)18-12-20(28-22(15)18)23(31)27-16-3-2-4-17(11-16)29-9-7-24(8-10-29)13-21(30)26-14-24/h5-6,12,16-17,28H,2-4,7-11,13-14H2,1H3,(H,26,30)(H,27,31)/t16-,17?/m1/s1. The number of H-pyrrole nitrogens is 1. The second kappa shape index (κ2) is 7.93. The van der Waals surface area contributed by atoms with Crippen LogP contribution in [0.2, 0.25) is 0 Å². The van der Waals surface area contributed by atoms with Crippen LogP contribution < -0.4 is 10.6 Å². The largest absolute Gasteiger partial charge is 0.356 e. The zero-order chi connectivity index (χ0) is 21.6. The van der Waals surface area contributed by atoms with Crippen molar-refractivity contribution < 1.29 is 14.0 Å². The molecule has 0 bridgehead atoms. The van der Waals surface area contributed by atoms with Crippen molar-refractivity contribution in [3.63, 3.8) is 0 Å². The monoisotopic (exact) mass is 426 g/mol. The molecule has 3 aliphatic rings. The van der Waals surface area contributed by atoms with Crippen molar-refractivity contribution in [1.82, 2.24) is 20.5 Å². The lowest BCUT2D eigenvalue weighted by molar-refractivity contribution is -0.119. The predicted molar refractivity (Wildman–Crippen MR) is 117 cm³/mol. The maximum Gasteiger partial charge on any atom is 0.267 e. The third-order valence-electron chi connectivity index (χ3n) is 7.75.